The molecule has 0 radical (unpaired) electrons. The number of hydrogen-bond acceptors (Lipinski definition) is 2. The highest BCUT2D eigenvalue weighted by atomic mass is 16.2. The van der Waals surface area contributed by atoms with E-state index in [0.717, 1.165) is 22.0 Å². The normalized spacial score (nSPS) is 10.6. The standard InChI is InChI=1S/C19H18N2O/c1-13-7-5-8-14-9-6-10-15(18(13)14)19(22)21(2)17-12-4-3-11-16(17)20/h3-12H,20H2,1-2H3. The molecule has 0 saturated heterocycles. The fourth-order valence-electron chi connectivity index (χ4n) is 2.79. The number of benzene rings is 3. The van der Waals surface area contributed by atoms with Gasteiger partial charge in [-0.15, -0.1) is 0 Å². The van der Waals surface area contributed by atoms with Crippen molar-refractivity contribution in [3.05, 3.63) is 71.8 Å². The molecule has 2 N–H and O–H groups in total. The number of carbonyl (C=O) groups is 1. The number of nitrogens with zero attached hydrogens (tertiary/aromatic N) is 1. The van der Waals surface area contributed by atoms with Crippen LogP contribution in [0.5, 0.6) is 0 Å². The molecule has 0 saturated carbocycles. The highest BCUT2D eigenvalue weighted by molar-refractivity contribution is 6.15. The van der Waals surface area contributed by atoms with Crippen LogP contribution in [0, 0.1) is 6.92 Å². The molecule has 0 fully saturated rings. The van der Waals surface area contributed by atoms with Gasteiger partial charge in [0.05, 0.1) is 11.4 Å². The van der Waals surface area contributed by atoms with E-state index in [9.17, 15) is 4.79 Å². The highest BCUT2D eigenvalue weighted by Crippen LogP contribution is 2.27. The maximum Gasteiger partial charge on any atom is 0.258 e. The van der Waals surface area contributed by atoms with E-state index in [1.807, 2.05) is 61.5 Å². The van der Waals surface area contributed by atoms with Gasteiger partial charge in [-0.1, -0.05) is 42.5 Å². The number of nitrogen functional groups attached to an aromatic ring is 1. The number of aryl methyl sites for hydroxylation is 1. The predicted molar refractivity (Wildman–Crippen MR) is 92.3 cm³/mol. The number of para-hydroxylation sites is 2. The minimum absolute atomic E-state index is 0.0576. The van der Waals surface area contributed by atoms with Gasteiger partial charge in [0.1, 0.15) is 0 Å². The van der Waals surface area contributed by atoms with Crippen molar-refractivity contribution in [1.82, 2.24) is 0 Å². The van der Waals surface area contributed by atoms with E-state index in [0.29, 0.717) is 11.3 Å². The molecule has 0 aromatic heterocycles. The summed E-state index contributed by atoms with van der Waals surface area (Å²) < 4.78 is 0. The lowest BCUT2D eigenvalue weighted by Gasteiger charge is -2.20. The third-order valence-corrected chi connectivity index (χ3v) is 3.95. The van der Waals surface area contributed by atoms with Crippen LogP contribution in [0.15, 0.2) is 60.7 Å². The molecule has 3 aromatic carbocycles. The van der Waals surface area contributed by atoms with Crippen molar-refractivity contribution in [1.29, 1.82) is 0 Å². The first-order valence-electron chi connectivity index (χ1n) is 7.20. The van der Waals surface area contributed by atoms with Crippen LogP contribution in [0.2, 0.25) is 0 Å². The largest absolute Gasteiger partial charge is 0.397 e. The second-order valence-electron chi connectivity index (χ2n) is 5.40. The number of hydrogen-bond donors (Lipinski definition) is 1. The van der Waals surface area contributed by atoms with Gasteiger partial charge in [-0.25, -0.2) is 0 Å². The number of amides is 1. The quantitative estimate of drug-likeness (QED) is 0.725. The Labute approximate surface area is 130 Å². The topological polar surface area (TPSA) is 46.3 Å². The summed E-state index contributed by atoms with van der Waals surface area (Å²) in [6.07, 6.45) is 0. The highest BCUT2D eigenvalue weighted by Gasteiger charge is 2.18. The summed E-state index contributed by atoms with van der Waals surface area (Å²) in [5.74, 6) is -0.0576. The van der Waals surface area contributed by atoms with Crippen LogP contribution < -0.4 is 10.6 Å². The molecule has 0 unspecified atom stereocenters. The molecule has 0 aliphatic heterocycles. The molecule has 0 aliphatic rings. The van der Waals surface area contributed by atoms with Crippen molar-refractivity contribution in [2.45, 2.75) is 6.92 Å². The first kappa shape index (κ1) is 14.1. The van der Waals surface area contributed by atoms with Gasteiger partial charge in [0, 0.05) is 12.6 Å². The van der Waals surface area contributed by atoms with Gasteiger partial charge >= 0.3 is 0 Å². The van der Waals surface area contributed by atoms with Gasteiger partial charge in [-0.05, 0) is 41.5 Å². The molecule has 3 rings (SSSR count). The molecule has 110 valence electrons. The summed E-state index contributed by atoms with van der Waals surface area (Å²) in [6, 6.07) is 19.2. The summed E-state index contributed by atoms with van der Waals surface area (Å²) in [7, 11) is 1.76. The molecule has 0 heterocycles. The predicted octanol–water partition coefficient (Wildman–Crippen LogP) is 4.01. The zero-order valence-electron chi connectivity index (χ0n) is 12.7. The second-order valence-corrected chi connectivity index (χ2v) is 5.40. The summed E-state index contributed by atoms with van der Waals surface area (Å²) in [6.45, 7) is 2.02. The average Bonchev–Trinajstić information content (AvgIpc) is 2.54. The number of anilines is 2. The van der Waals surface area contributed by atoms with E-state index in [1.54, 1.807) is 18.0 Å². The number of rotatable bonds is 2. The SMILES string of the molecule is Cc1cccc2cccc(C(=O)N(C)c3ccccc3N)c12. The van der Waals surface area contributed by atoms with Gasteiger partial charge in [0.25, 0.3) is 5.91 Å². The molecule has 0 bridgehead atoms. The Morgan fingerprint density at radius 3 is 2.36 bits per heavy atom. The minimum Gasteiger partial charge on any atom is -0.397 e. The van der Waals surface area contributed by atoms with Crippen molar-refractivity contribution >= 4 is 28.1 Å². The summed E-state index contributed by atoms with van der Waals surface area (Å²) >= 11 is 0. The fourth-order valence-corrected chi connectivity index (χ4v) is 2.79. The maximum atomic E-state index is 12.9. The Balaban J connectivity index is 2.12. The second kappa shape index (κ2) is 5.53. The number of carbonyl (C=O) groups excluding carboxylic acids is 1. The lowest BCUT2D eigenvalue weighted by Crippen LogP contribution is -2.27. The van der Waals surface area contributed by atoms with Gasteiger partial charge in [-0.2, -0.15) is 0 Å². The molecular formula is C19H18N2O. The van der Waals surface area contributed by atoms with E-state index in [1.165, 1.54) is 0 Å². The molecule has 1 amide bonds. The lowest BCUT2D eigenvalue weighted by molar-refractivity contribution is 0.0994. The minimum atomic E-state index is -0.0576. The van der Waals surface area contributed by atoms with Crippen LogP contribution in [0.25, 0.3) is 10.8 Å². The Hall–Kier alpha value is -2.81. The van der Waals surface area contributed by atoms with E-state index in [2.05, 4.69) is 0 Å². The summed E-state index contributed by atoms with van der Waals surface area (Å²) in [5.41, 5.74) is 9.09. The fraction of sp³-hybridized carbons (Fsp3) is 0.105. The Bertz CT molecular complexity index is 850. The van der Waals surface area contributed by atoms with Gasteiger partial charge in [0.2, 0.25) is 0 Å². The van der Waals surface area contributed by atoms with E-state index < -0.39 is 0 Å². The van der Waals surface area contributed by atoms with Crippen molar-refractivity contribution in [2.24, 2.45) is 0 Å². The zero-order valence-corrected chi connectivity index (χ0v) is 12.7. The van der Waals surface area contributed by atoms with E-state index in [4.69, 9.17) is 5.73 Å². The van der Waals surface area contributed by atoms with Crippen LogP contribution in [0.3, 0.4) is 0 Å². The molecule has 0 spiro atoms. The summed E-state index contributed by atoms with van der Waals surface area (Å²) in [5, 5.41) is 2.07. The summed E-state index contributed by atoms with van der Waals surface area (Å²) in [4.78, 5) is 14.5. The van der Waals surface area contributed by atoms with Crippen LogP contribution >= 0.6 is 0 Å². The van der Waals surface area contributed by atoms with Crippen molar-refractivity contribution in [3.63, 3.8) is 0 Å². The van der Waals surface area contributed by atoms with Gasteiger partial charge in [-0.3, -0.25) is 4.79 Å². The molecule has 0 aliphatic carbocycles. The molecule has 3 nitrogen and oxygen atoms in total. The zero-order chi connectivity index (χ0) is 15.7. The first-order valence-corrected chi connectivity index (χ1v) is 7.20. The average molecular weight is 290 g/mol. The maximum absolute atomic E-state index is 12.9. The van der Waals surface area contributed by atoms with Gasteiger partial charge in [0.15, 0.2) is 0 Å². The number of nitrogens with two attached hydrogens (primary N) is 1. The Morgan fingerprint density at radius 2 is 1.64 bits per heavy atom. The van der Waals surface area contributed by atoms with E-state index in [-0.39, 0.29) is 5.91 Å². The van der Waals surface area contributed by atoms with Gasteiger partial charge < -0.3 is 10.6 Å². The molecule has 0 atom stereocenters. The monoisotopic (exact) mass is 290 g/mol. The van der Waals surface area contributed by atoms with Crippen LogP contribution in [-0.4, -0.2) is 13.0 Å². The first-order chi connectivity index (χ1) is 10.6. The Kier molecular flexibility index (Phi) is 3.55. The van der Waals surface area contributed by atoms with Crippen molar-refractivity contribution < 1.29 is 4.79 Å². The third kappa shape index (κ3) is 2.31. The molecular weight excluding hydrogens is 272 g/mol. The van der Waals surface area contributed by atoms with Crippen molar-refractivity contribution in [2.75, 3.05) is 17.7 Å². The third-order valence-electron chi connectivity index (χ3n) is 3.95. The number of fused-ring (bicyclic) bond motifs is 1. The van der Waals surface area contributed by atoms with Crippen molar-refractivity contribution in [3.8, 4) is 0 Å². The molecule has 22 heavy (non-hydrogen) atoms. The lowest BCUT2D eigenvalue weighted by atomic mass is 9.99. The molecule has 3 heteroatoms. The van der Waals surface area contributed by atoms with Crippen LogP contribution in [0.4, 0.5) is 11.4 Å². The molecule has 3 aromatic rings. The van der Waals surface area contributed by atoms with E-state index >= 15 is 0 Å². The smallest absolute Gasteiger partial charge is 0.258 e. The van der Waals surface area contributed by atoms with Crippen LogP contribution in [-0.2, 0) is 0 Å². The Morgan fingerprint density at radius 1 is 0.955 bits per heavy atom. The van der Waals surface area contributed by atoms with Crippen LogP contribution in [0.1, 0.15) is 15.9 Å².